The highest BCUT2D eigenvalue weighted by molar-refractivity contribution is 6.30. The highest BCUT2D eigenvalue weighted by atomic mass is 35.5. The first-order valence-corrected chi connectivity index (χ1v) is 8.25. The maximum Gasteiger partial charge on any atom is 0.240 e. The van der Waals surface area contributed by atoms with Crippen molar-refractivity contribution in [1.29, 1.82) is 0 Å². The van der Waals surface area contributed by atoms with Crippen molar-refractivity contribution in [3.05, 3.63) is 58.6 Å². The van der Waals surface area contributed by atoms with Crippen LogP contribution in [0, 0.1) is 19.3 Å². The Morgan fingerprint density at radius 2 is 1.58 bits per heavy atom. The third kappa shape index (κ3) is 3.15. The smallest absolute Gasteiger partial charge is 0.240 e. The van der Waals surface area contributed by atoms with Crippen LogP contribution in [0.2, 0.25) is 5.02 Å². The quantitative estimate of drug-likeness (QED) is 0.813. The van der Waals surface area contributed by atoms with Crippen LogP contribution in [-0.2, 0) is 9.59 Å². The van der Waals surface area contributed by atoms with Crippen molar-refractivity contribution in [1.82, 2.24) is 0 Å². The second-order valence-electron chi connectivity index (χ2n) is 6.24. The Kier molecular flexibility index (Phi) is 4.33. The Morgan fingerprint density at radius 1 is 0.958 bits per heavy atom. The first-order chi connectivity index (χ1) is 11.4. The molecule has 0 radical (unpaired) electrons. The van der Waals surface area contributed by atoms with Crippen LogP contribution in [-0.4, -0.2) is 11.8 Å². The molecule has 0 spiro atoms. The topological polar surface area (TPSA) is 58.2 Å². The summed E-state index contributed by atoms with van der Waals surface area (Å²) in [5.74, 6) is -0.518. The molecule has 0 aliphatic heterocycles. The number of carbonyl (C=O) groups is 2. The van der Waals surface area contributed by atoms with Crippen LogP contribution in [0.25, 0.3) is 0 Å². The third-order valence-corrected chi connectivity index (χ3v) is 4.83. The molecule has 0 unspecified atom stereocenters. The lowest BCUT2D eigenvalue weighted by Crippen LogP contribution is -2.35. The number of hydrogen-bond donors (Lipinski definition) is 2. The van der Waals surface area contributed by atoms with E-state index in [-0.39, 0.29) is 11.8 Å². The summed E-state index contributed by atoms with van der Waals surface area (Å²) in [6.45, 7) is 3.95. The summed E-state index contributed by atoms with van der Waals surface area (Å²) in [6, 6.07) is 12.6. The van der Waals surface area contributed by atoms with Crippen LogP contribution < -0.4 is 10.6 Å². The Labute approximate surface area is 146 Å². The maximum absolute atomic E-state index is 12.7. The van der Waals surface area contributed by atoms with Gasteiger partial charge in [0.1, 0.15) is 5.41 Å². The molecule has 1 aliphatic rings. The lowest BCUT2D eigenvalue weighted by Gasteiger charge is -2.17. The van der Waals surface area contributed by atoms with Gasteiger partial charge in [-0.2, -0.15) is 0 Å². The largest absolute Gasteiger partial charge is 0.325 e. The zero-order valence-corrected chi connectivity index (χ0v) is 14.4. The number of halogens is 1. The van der Waals surface area contributed by atoms with Crippen molar-refractivity contribution in [2.75, 3.05) is 10.6 Å². The van der Waals surface area contributed by atoms with E-state index in [9.17, 15) is 9.59 Å². The number of carbonyl (C=O) groups excluding carboxylic acids is 2. The highest BCUT2D eigenvalue weighted by Crippen LogP contribution is 2.47. The predicted octanol–water partition coefficient (Wildman–Crippen LogP) is 4.31. The molecule has 124 valence electrons. The number of hydrogen-bond acceptors (Lipinski definition) is 2. The van der Waals surface area contributed by atoms with Crippen LogP contribution in [0.1, 0.15) is 24.0 Å². The van der Waals surface area contributed by atoms with E-state index in [0.717, 1.165) is 16.8 Å². The van der Waals surface area contributed by atoms with Crippen molar-refractivity contribution in [3.8, 4) is 0 Å². The van der Waals surface area contributed by atoms with Gasteiger partial charge in [-0.15, -0.1) is 0 Å². The van der Waals surface area contributed by atoms with E-state index in [2.05, 4.69) is 10.6 Å². The predicted molar refractivity (Wildman–Crippen MR) is 96.3 cm³/mol. The minimum Gasteiger partial charge on any atom is -0.325 e. The monoisotopic (exact) mass is 342 g/mol. The Bertz CT molecular complexity index is 796. The molecule has 2 N–H and O–H groups in total. The normalized spacial score (nSPS) is 14.8. The molecule has 1 fully saturated rings. The lowest BCUT2D eigenvalue weighted by molar-refractivity contribution is -0.131. The standard InChI is InChI=1S/C19H19ClN2O2/c1-12-4-3-5-16(13(12)2)22-18(24)19(10-11-19)17(23)21-15-8-6-14(20)7-9-15/h3-9H,10-11H2,1-2H3,(H,21,23)(H,22,24). The molecule has 3 rings (SSSR count). The molecule has 0 aromatic heterocycles. The van der Waals surface area contributed by atoms with Crippen LogP contribution in [0.5, 0.6) is 0 Å². The number of anilines is 2. The molecular weight excluding hydrogens is 324 g/mol. The summed E-state index contributed by atoms with van der Waals surface area (Å²) >= 11 is 5.84. The molecule has 2 amide bonds. The van der Waals surface area contributed by atoms with Crippen LogP contribution >= 0.6 is 11.6 Å². The number of nitrogens with one attached hydrogen (secondary N) is 2. The van der Waals surface area contributed by atoms with Gasteiger partial charge in [0.15, 0.2) is 0 Å². The SMILES string of the molecule is Cc1cccc(NC(=O)C2(C(=O)Nc3ccc(Cl)cc3)CC2)c1C. The van der Waals surface area contributed by atoms with Crippen LogP contribution in [0.15, 0.2) is 42.5 Å². The fourth-order valence-electron chi connectivity index (χ4n) is 2.59. The number of amides is 2. The minimum atomic E-state index is -0.976. The van der Waals surface area contributed by atoms with Gasteiger partial charge in [-0.3, -0.25) is 9.59 Å². The molecule has 0 saturated heterocycles. The fraction of sp³-hybridized carbons (Fsp3) is 0.263. The molecule has 24 heavy (non-hydrogen) atoms. The molecular formula is C19H19ClN2O2. The van der Waals surface area contributed by atoms with Gasteiger partial charge in [0, 0.05) is 16.4 Å². The van der Waals surface area contributed by atoms with Crippen molar-refractivity contribution in [3.63, 3.8) is 0 Å². The van der Waals surface area contributed by atoms with E-state index >= 15 is 0 Å². The summed E-state index contributed by atoms with van der Waals surface area (Å²) in [4.78, 5) is 25.2. The summed E-state index contributed by atoms with van der Waals surface area (Å²) in [7, 11) is 0. The molecule has 0 heterocycles. The van der Waals surface area contributed by atoms with Crippen LogP contribution in [0.3, 0.4) is 0 Å². The Hall–Kier alpha value is -2.33. The summed E-state index contributed by atoms with van der Waals surface area (Å²) in [5, 5.41) is 6.31. The number of rotatable bonds is 4. The van der Waals surface area contributed by atoms with E-state index in [1.54, 1.807) is 24.3 Å². The average Bonchev–Trinajstić information content (AvgIpc) is 3.36. The van der Waals surface area contributed by atoms with Crippen molar-refractivity contribution < 1.29 is 9.59 Å². The summed E-state index contributed by atoms with van der Waals surface area (Å²) < 4.78 is 0. The van der Waals surface area contributed by atoms with Gasteiger partial charge in [0.05, 0.1) is 0 Å². The van der Waals surface area contributed by atoms with Gasteiger partial charge in [-0.05, 0) is 68.1 Å². The van der Waals surface area contributed by atoms with E-state index < -0.39 is 5.41 Å². The van der Waals surface area contributed by atoms with E-state index in [4.69, 9.17) is 11.6 Å². The van der Waals surface area contributed by atoms with E-state index in [0.29, 0.717) is 23.6 Å². The number of benzene rings is 2. The van der Waals surface area contributed by atoms with Gasteiger partial charge >= 0.3 is 0 Å². The molecule has 2 aromatic rings. The zero-order chi connectivity index (χ0) is 17.3. The van der Waals surface area contributed by atoms with Crippen molar-refractivity contribution >= 4 is 34.8 Å². The molecule has 0 bridgehead atoms. The van der Waals surface area contributed by atoms with Gasteiger partial charge in [-0.1, -0.05) is 23.7 Å². The molecule has 1 aliphatic carbocycles. The first-order valence-electron chi connectivity index (χ1n) is 7.87. The fourth-order valence-corrected chi connectivity index (χ4v) is 2.72. The van der Waals surface area contributed by atoms with Gasteiger partial charge in [-0.25, -0.2) is 0 Å². The Morgan fingerprint density at radius 3 is 2.21 bits per heavy atom. The second kappa shape index (κ2) is 6.29. The molecule has 1 saturated carbocycles. The summed E-state index contributed by atoms with van der Waals surface area (Å²) in [6.07, 6.45) is 1.12. The lowest BCUT2D eigenvalue weighted by atomic mass is 10.0. The maximum atomic E-state index is 12.7. The van der Waals surface area contributed by atoms with Crippen LogP contribution in [0.4, 0.5) is 11.4 Å². The average molecular weight is 343 g/mol. The van der Waals surface area contributed by atoms with Gasteiger partial charge in [0.2, 0.25) is 11.8 Å². The Balaban J connectivity index is 1.73. The molecule has 0 atom stereocenters. The number of aryl methyl sites for hydroxylation is 1. The van der Waals surface area contributed by atoms with Gasteiger partial charge in [0.25, 0.3) is 0 Å². The third-order valence-electron chi connectivity index (χ3n) is 4.57. The molecule has 2 aromatic carbocycles. The van der Waals surface area contributed by atoms with Crippen molar-refractivity contribution in [2.45, 2.75) is 26.7 Å². The first kappa shape index (κ1) is 16.5. The molecule has 5 heteroatoms. The molecule has 4 nitrogen and oxygen atoms in total. The van der Waals surface area contributed by atoms with E-state index in [1.807, 2.05) is 32.0 Å². The zero-order valence-electron chi connectivity index (χ0n) is 13.7. The van der Waals surface area contributed by atoms with E-state index in [1.165, 1.54) is 0 Å². The van der Waals surface area contributed by atoms with Crippen molar-refractivity contribution in [2.24, 2.45) is 5.41 Å². The summed E-state index contributed by atoms with van der Waals surface area (Å²) in [5.41, 5.74) is 2.53. The highest BCUT2D eigenvalue weighted by Gasteiger charge is 2.56. The van der Waals surface area contributed by atoms with Gasteiger partial charge < -0.3 is 10.6 Å². The minimum absolute atomic E-state index is 0.248. The second-order valence-corrected chi connectivity index (χ2v) is 6.68.